The number of carbonyl (C=O) groups excluding carboxylic acids is 6. The van der Waals surface area contributed by atoms with Crippen LogP contribution < -0.4 is 27.0 Å². The molecular formula is C31H41N5O10. The number of esters is 2. The standard InChI is InChI=1S/C31H41N5O10/c1-15(32)27(40)36-24(29(42)34-17(3)31(44)46-6)14-20-8-10-26(39)22(12-20)21-11-19(7-9-25(21)38)13-23(35-18(4)37)28(41)33-16(2)30(43)45-5/h7-12,15-17,23-24,38-39H,13-14,32H2,1-6H3,(H,33,41)(H,34,42)(H,35,37)(H,36,40)/t15-,16+,17?,23+,24-/m1/s1. The summed E-state index contributed by atoms with van der Waals surface area (Å²) < 4.78 is 9.27. The Kier molecular flexibility index (Phi) is 13.5. The maximum atomic E-state index is 13.1. The minimum Gasteiger partial charge on any atom is -0.507 e. The lowest BCUT2D eigenvalue weighted by atomic mass is 9.94. The zero-order valence-corrected chi connectivity index (χ0v) is 26.5. The van der Waals surface area contributed by atoms with Crippen LogP contribution in [0.15, 0.2) is 36.4 Å². The summed E-state index contributed by atoms with van der Waals surface area (Å²) in [6.45, 7) is 5.52. The number of aromatic hydroxyl groups is 2. The van der Waals surface area contributed by atoms with Gasteiger partial charge in [-0.2, -0.15) is 0 Å². The SMILES string of the molecule is COC(=O)C(C)NC(=O)[C@@H](Cc1ccc(O)c(-c2cc(C[C@H](NC(C)=O)C(=O)N[C@@H](C)C(=O)OC)ccc2O)c1)NC(=O)[C@@H](C)N. The number of carbonyl (C=O) groups is 6. The summed E-state index contributed by atoms with van der Waals surface area (Å²) in [6, 6.07) is 3.57. The summed E-state index contributed by atoms with van der Waals surface area (Å²) in [4.78, 5) is 73.9. The molecule has 0 spiro atoms. The molecule has 0 heterocycles. The summed E-state index contributed by atoms with van der Waals surface area (Å²) in [6.07, 6.45) is -0.133. The van der Waals surface area contributed by atoms with Crippen molar-refractivity contribution in [2.45, 2.75) is 70.7 Å². The van der Waals surface area contributed by atoms with Crippen LogP contribution in [0.3, 0.4) is 0 Å². The third-order valence-corrected chi connectivity index (χ3v) is 6.86. The van der Waals surface area contributed by atoms with Crippen molar-refractivity contribution in [2.24, 2.45) is 5.73 Å². The number of benzene rings is 2. The van der Waals surface area contributed by atoms with Crippen LogP contribution in [-0.4, -0.2) is 90.2 Å². The normalized spacial score (nSPS) is 14.0. The second-order valence-electron chi connectivity index (χ2n) is 10.7. The van der Waals surface area contributed by atoms with Gasteiger partial charge in [0, 0.05) is 30.9 Å². The number of amides is 4. The summed E-state index contributed by atoms with van der Waals surface area (Å²) in [7, 11) is 2.35. The molecule has 250 valence electrons. The first-order chi connectivity index (χ1) is 21.6. The van der Waals surface area contributed by atoms with Gasteiger partial charge in [0.2, 0.25) is 23.6 Å². The van der Waals surface area contributed by atoms with Crippen molar-refractivity contribution in [2.75, 3.05) is 14.2 Å². The fourth-order valence-electron chi connectivity index (χ4n) is 4.39. The first-order valence-electron chi connectivity index (χ1n) is 14.3. The van der Waals surface area contributed by atoms with Gasteiger partial charge in [-0.05, 0) is 56.2 Å². The average molecular weight is 644 g/mol. The summed E-state index contributed by atoms with van der Waals surface area (Å²) in [5.41, 5.74) is 6.95. The molecule has 0 saturated heterocycles. The van der Waals surface area contributed by atoms with Gasteiger partial charge in [0.05, 0.1) is 20.3 Å². The van der Waals surface area contributed by atoms with Crippen LogP contribution in [-0.2, 0) is 51.1 Å². The Bertz CT molecular complexity index is 1460. The Labute approximate surface area is 266 Å². The molecule has 2 aromatic carbocycles. The molecule has 0 aliphatic heterocycles. The van der Waals surface area contributed by atoms with E-state index in [1.54, 1.807) is 0 Å². The number of nitrogens with two attached hydrogens (primary N) is 1. The van der Waals surface area contributed by atoms with Crippen molar-refractivity contribution >= 4 is 35.6 Å². The van der Waals surface area contributed by atoms with Gasteiger partial charge >= 0.3 is 11.9 Å². The van der Waals surface area contributed by atoms with E-state index in [-0.39, 0.29) is 35.5 Å². The van der Waals surface area contributed by atoms with Crippen molar-refractivity contribution in [1.29, 1.82) is 0 Å². The minimum atomic E-state index is -1.17. The van der Waals surface area contributed by atoms with E-state index in [9.17, 15) is 39.0 Å². The molecule has 0 bridgehead atoms. The van der Waals surface area contributed by atoms with Crippen molar-refractivity contribution < 1.29 is 48.5 Å². The number of phenols is 2. The predicted molar refractivity (Wildman–Crippen MR) is 165 cm³/mol. The molecule has 46 heavy (non-hydrogen) atoms. The third kappa shape index (κ3) is 10.5. The lowest BCUT2D eigenvalue weighted by molar-refractivity contribution is -0.145. The van der Waals surface area contributed by atoms with Crippen molar-refractivity contribution in [1.82, 2.24) is 21.3 Å². The van der Waals surface area contributed by atoms with E-state index in [2.05, 4.69) is 30.7 Å². The highest BCUT2D eigenvalue weighted by Gasteiger charge is 2.27. The molecular weight excluding hydrogens is 602 g/mol. The molecule has 15 heteroatoms. The number of hydrogen-bond acceptors (Lipinski definition) is 11. The molecule has 0 aromatic heterocycles. The van der Waals surface area contributed by atoms with E-state index in [0.29, 0.717) is 11.1 Å². The molecule has 0 aliphatic carbocycles. The summed E-state index contributed by atoms with van der Waals surface area (Å²) in [5, 5.41) is 31.5. The Morgan fingerprint density at radius 1 is 0.674 bits per heavy atom. The molecule has 0 saturated carbocycles. The third-order valence-electron chi connectivity index (χ3n) is 6.86. The van der Waals surface area contributed by atoms with E-state index in [0.717, 1.165) is 0 Å². The van der Waals surface area contributed by atoms with Crippen LogP contribution >= 0.6 is 0 Å². The van der Waals surface area contributed by atoms with Gasteiger partial charge in [-0.1, -0.05) is 12.1 Å². The second-order valence-corrected chi connectivity index (χ2v) is 10.7. The Hall–Kier alpha value is -5.18. The highest BCUT2D eigenvalue weighted by atomic mass is 16.5. The molecule has 0 aliphatic rings. The molecule has 4 amide bonds. The fraction of sp³-hybridized carbons (Fsp3) is 0.419. The van der Waals surface area contributed by atoms with Gasteiger partial charge in [0.25, 0.3) is 0 Å². The topological polar surface area (TPSA) is 235 Å². The van der Waals surface area contributed by atoms with E-state index in [4.69, 9.17) is 5.73 Å². The van der Waals surface area contributed by atoms with E-state index >= 15 is 0 Å². The molecule has 8 N–H and O–H groups in total. The summed E-state index contributed by atoms with van der Waals surface area (Å²) in [5.74, 6) is -4.25. The molecule has 2 rings (SSSR count). The molecule has 5 atom stereocenters. The number of nitrogens with one attached hydrogen (secondary N) is 4. The van der Waals surface area contributed by atoms with Crippen LogP contribution in [0.25, 0.3) is 11.1 Å². The van der Waals surface area contributed by atoms with Crippen LogP contribution in [0.1, 0.15) is 38.8 Å². The molecule has 0 radical (unpaired) electrons. The number of methoxy groups -OCH3 is 2. The number of rotatable bonds is 14. The van der Waals surface area contributed by atoms with E-state index in [1.807, 2.05) is 0 Å². The number of hydrogen-bond donors (Lipinski definition) is 7. The second kappa shape index (κ2) is 16.8. The maximum Gasteiger partial charge on any atom is 0.328 e. The lowest BCUT2D eigenvalue weighted by Crippen LogP contribution is -2.54. The van der Waals surface area contributed by atoms with Crippen molar-refractivity contribution in [3.8, 4) is 22.6 Å². The molecule has 2 aromatic rings. The van der Waals surface area contributed by atoms with Crippen LogP contribution in [0, 0.1) is 0 Å². The first kappa shape index (κ1) is 37.0. The molecule has 0 fully saturated rings. The largest absolute Gasteiger partial charge is 0.507 e. The Morgan fingerprint density at radius 2 is 1.07 bits per heavy atom. The smallest absolute Gasteiger partial charge is 0.328 e. The van der Waals surface area contributed by atoms with Crippen molar-refractivity contribution in [3.05, 3.63) is 47.5 Å². The fourth-order valence-corrected chi connectivity index (χ4v) is 4.39. The first-order valence-corrected chi connectivity index (χ1v) is 14.3. The quantitative estimate of drug-likeness (QED) is 0.130. The van der Waals surface area contributed by atoms with Gasteiger partial charge in [0.15, 0.2) is 0 Å². The highest BCUT2D eigenvalue weighted by molar-refractivity contribution is 5.92. The van der Waals surface area contributed by atoms with E-state index < -0.39 is 65.8 Å². The molecule has 1 unspecified atom stereocenters. The zero-order valence-electron chi connectivity index (χ0n) is 26.5. The van der Waals surface area contributed by atoms with Crippen LogP contribution in [0.4, 0.5) is 0 Å². The number of phenolic OH excluding ortho intramolecular Hbond substituents is 2. The highest BCUT2D eigenvalue weighted by Crippen LogP contribution is 2.37. The van der Waals surface area contributed by atoms with Gasteiger partial charge in [-0.3, -0.25) is 19.2 Å². The van der Waals surface area contributed by atoms with Crippen molar-refractivity contribution in [3.63, 3.8) is 0 Å². The van der Waals surface area contributed by atoms with Gasteiger partial charge in [-0.15, -0.1) is 0 Å². The predicted octanol–water partition coefficient (Wildman–Crippen LogP) is -0.458. The molecule has 15 nitrogen and oxygen atoms in total. The van der Waals surface area contributed by atoms with Gasteiger partial charge in [-0.25, -0.2) is 9.59 Å². The van der Waals surface area contributed by atoms with Gasteiger partial charge in [0.1, 0.15) is 35.7 Å². The van der Waals surface area contributed by atoms with Crippen LogP contribution in [0.5, 0.6) is 11.5 Å². The maximum absolute atomic E-state index is 13.1. The Morgan fingerprint density at radius 3 is 1.41 bits per heavy atom. The van der Waals surface area contributed by atoms with Gasteiger partial charge < -0.3 is 46.7 Å². The number of ether oxygens (including phenoxy) is 2. The van der Waals surface area contributed by atoms with Crippen LogP contribution in [0.2, 0.25) is 0 Å². The minimum absolute atomic E-state index is 0.0447. The summed E-state index contributed by atoms with van der Waals surface area (Å²) >= 11 is 0. The Balaban J connectivity index is 2.43. The monoisotopic (exact) mass is 643 g/mol. The van der Waals surface area contributed by atoms with E-state index in [1.165, 1.54) is 78.3 Å². The average Bonchev–Trinajstić information content (AvgIpc) is 3.00. The zero-order chi connectivity index (χ0) is 34.7. The lowest BCUT2D eigenvalue weighted by Gasteiger charge is -2.22.